The average molecular weight is 262 g/mol. The maximum absolute atomic E-state index is 11.9. The molecule has 3 nitrogen and oxygen atoms in total. The molecule has 0 bridgehead atoms. The molecule has 0 radical (unpaired) electrons. The lowest BCUT2D eigenvalue weighted by Gasteiger charge is -2.00. The van der Waals surface area contributed by atoms with E-state index in [0.717, 1.165) is 10.4 Å². The van der Waals surface area contributed by atoms with E-state index in [4.69, 9.17) is 0 Å². The van der Waals surface area contributed by atoms with Crippen LogP contribution in [0.3, 0.4) is 0 Å². The Hall–Kier alpha value is -1.59. The van der Waals surface area contributed by atoms with Gasteiger partial charge in [0.1, 0.15) is 0 Å². The van der Waals surface area contributed by atoms with Crippen molar-refractivity contribution in [1.29, 1.82) is 0 Å². The fraction of sp³-hybridized carbons (Fsp3) is 0.0833. The molecule has 3 rings (SSSR count). The lowest BCUT2D eigenvalue weighted by molar-refractivity contribution is 0.0955. The second-order valence-corrected chi connectivity index (χ2v) is 5.69. The van der Waals surface area contributed by atoms with E-state index in [1.165, 1.54) is 20.7 Å². The van der Waals surface area contributed by atoms with Crippen LogP contribution in [-0.4, -0.2) is 10.9 Å². The third-order valence-corrected chi connectivity index (χ3v) is 4.57. The predicted octanol–water partition coefficient (Wildman–Crippen LogP) is 3.22. The van der Waals surface area contributed by atoms with Crippen molar-refractivity contribution < 1.29 is 4.79 Å². The number of rotatable bonds is 3. The molecule has 0 saturated heterocycles. The quantitative estimate of drug-likeness (QED) is 0.748. The van der Waals surface area contributed by atoms with Crippen LogP contribution in [0.25, 0.3) is 9.40 Å². The molecule has 0 fully saturated rings. The highest BCUT2D eigenvalue weighted by Crippen LogP contribution is 2.29. The Morgan fingerprint density at radius 1 is 1.35 bits per heavy atom. The first-order chi connectivity index (χ1) is 8.33. The number of aromatic nitrogens is 1. The first-order valence-corrected chi connectivity index (χ1v) is 6.89. The Bertz CT molecular complexity index is 608. The SMILES string of the molecule is O=C(NCc1cc[nH]c1)c1cc2sccc2s1. The number of carbonyl (C=O) groups excluding carboxylic acids is 1. The number of amides is 1. The monoisotopic (exact) mass is 262 g/mol. The van der Waals surface area contributed by atoms with Crippen LogP contribution in [0.4, 0.5) is 0 Å². The molecule has 3 aromatic heterocycles. The summed E-state index contributed by atoms with van der Waals surface area (Å²) in [7, 11) is 0. The number of H-pyrrole nitrogens is 1. The Kier molecular flexibility index (Phi) is 2.70. The number of thiophene rings is 2. The van der Waals surface area contributed by atoms with Crippen molar-refractivity contribution in [3.8, 4) is 0 Å². The normalized spacial score (nSPS) is 10.8. The zero-order valence-corrected chi connectivity index (χ0v) is 10.5. The molecule has 0 aliphatic carbocycles. The molecule has 17 heavy (non-hydrogen) atoms. The van der Waals surface area contributed by atoms with Gasteiger partial charge in [-0.15, -0.1) is 22.7 Å². The van der Waals surface area contributed by atoms with Crippen LogP contribution in [-0.2, 0) is 6.54 Å². The molecule has 3 heterocycles. The molecule has 0 unspecified atom stereocenters. The van der Waals surface area contributed by atoms with Crippen LogP contribution in [0.2, 0.25) is 0 Å². The summed E-state index contributed by atoms with van der Waals surface area (Å²) in [5, 5.41) is 4.95. The van der Waals surface area contributed by atoms with E-state index in [0.29, 0.717) is 6.54 Å². The zero-order valence-electron chi connectivity index (χ0n) is 8.90. The topological polar surface area (TPSA) is 44.9 Å². The van der Waals surface area contributed by atoms with Crippen LogP contribution >= 0.6 is 22.7 Å². The summed E-state index contributed by atoms with van der Waals surface area (Å²) >= 11 is 3.21. The zero-order chi connectivity index (χ0) is 11.7. The maximum atomic E-state index is 11.9. The largest absolute Gasteiger partial charge is 0.367 e. The van der Waals surface area contributed by atoms with Gasteiger partial charge in [-0.2, -0.15) is 0 Å². The molecule has 3 aromatic rings. The molecule has 0 saturated carbocycles. The molecular formula is C12H10N2OS2. The Labute approximate surface area is 106 Å². The Morgan fingerprint density at radius 3 is 3.06 bits per heavy atom. The van der Waals surface area contributed by atoms with E-state index in [2.05, 4.69) is 10.3 Å². The summed E-state index contributed by atoms with van der Waals surface area (Å²) in [6, 6.07) is 5.96. The molecular weight excluding hydrogens is 252 g/mol. The Morgan fingerprint density at radius 2 is 2.29 bits per heavy atom. The maximum Gasteiger partial charge on any atom is 0.261 e. The summed E-state index contributed by atoms with van der Waals surface area (Å²) in [5.41, 5.74) is 1.08. The van der Waals surface area contributed by atoms with Crippen LogP contribution in [0.15, 0.2) is 36.0 Å². The van der Waals surface area contributed by atoms with Gasteiger partial charge in [0.25, 0.3) is 5.91 Å². The van der Waals surface area contributed by atoms with E-state index < -0.39 is 0 Å². The van der Waals surface area contributed by atoms with Crippen LogP contribution in [0, 0.1) is 0 Å². The van der Waals surface area contributed by atoms with Crippen molar-refractivity contribution in [2.24, 2.45) is 0 Å². The number of carbonyl (C=O) groups is 1. The average Bonchev–Trinajstić information content (AvgIpc) is 3.01. The van der Waals surface area contributed by atoms with E-state index in [9.17, 15) is 4.79 Å². The standard InChI is InChI=1S/C12H10N2OS2/c15-12(14-7-8-1-3-13-6-8)11-5-10-9(17-11)2-4-16-10/h1-6,13H,7H2,(H,14,15). The molecule has 1 amide bonds. The molecule has 2 N–H and O–H groups in total. The molecule has 0 atom stereocenters. The fourth-order valence-corrected chi connectivity index (χ4v) is 3.64. The van der Waals surface area contributed by atoms with Crippen molar-refractivity contribution in [3.05, 3.63) is 46.4 Å². The molecule has 0 aliphatic rings. The van der Waals surface area contributed by atoms with Crippen LogP contribution < -0.4 is 5.32 Å². The number of hydrogen-bond donors (Lipinski definition) is 2. The lowest BCUT2D eigenvalue weighted by Crippen LogP contribution is -2.21. The van der Waals surface area contributed by atoms with Gasteiger partial charge in [-0.3, -0.25) is 4.79 Å². The van der Waals surface area contributed by atoms with Crippen molar-refractivity contribution in [2.75, 3.05) is 0 Å². The summed E-state index contributed by atoms with van der Waals surface area (Å²) in [5.74, 6) is -0.000370. The number of aromatic amines is 1. The molecule has 0 aromatic carbocycles. The first-order valence-electron chi connectivity index (χ1n) is 5.20. The van der Waals surface area contributed by atoms with Crippen molar-refractivity contribution in [2.45, 2.75) is 6.54 Å². The van der Waals surface area contributed by atoms with E-state index in [1.54, 1.807) is 11.3 Å². The third kappa shape index (κ3) is 2.11. The molecule has 5 heteroatoms. The van der Waals surface area contributed by atoms with Crippen molar-refractivity contribution in [1.82, 2.24) is 10.3 Å². The van der Waals surface area contributed by atoms with Crippen LogP contribution in [0.5, 0.6) is 0 Å². The van der Waals surface area contributed by atoms with Gasteiger partial charge >= 0.3 is 0 Å². The summed E-state index contributed by atoms with van der Waals surface area (Å²) < 4.78 is 2.36. The Balaban J connectivity index is 1.72. The summed E-state index contributed by atoms with van der Waals surface area (Å²) in [6.07, 6.45) is 3.73. The highest BCUT2D eigenvalue weighted by Gasteiger charge is 2.10. The number of nitrogens with one attached hydrogen (secondary N) is 2. The van der Waals surface area contributed by atoms with Gasteiger partial charge in [0.2, 0.25) is 0 Å². The second kappa shape index (κ2) is 4.35. The van der Waals surface area contributed by atoms with Crippen LogP contribution in [0.1, 0.15) is 15.2 Å². The fourth-order valence-electron chi connectivity index (χ4n) is 1.62. The minimum Gasteiger partial charge on any atom is -0.367 e. The summed E-state index contributed by atoms with van der Waals surface area (Å²) in [6.45, 7) is 0.563. The van der Waals surface area contributed by atoms with Gasteiger partial charge in [-0.25, -0.2) is 0 Å². The van der Waals surface area contributed by atoms with E-state index in [-0.39, 0.29) is 5.91 Å². The molecule has 0 spiro atoms. The van der Waals surface area contributed by atoms with Gasteiger partial charge in [0.05, 0.1) is 4.88 Å². The molecule has 86 valence electrons. The predicted molar refractivity (Wildman–Crippen MR) is 71.7 cm³/mol. The van der Waals surface area contributed by atoms with E-state index in [1.807, 2.05) is 36.0 Å². The van der Waals surface area contributed by atoms with Crippen molar-refractivity contribution >= 4 is 38.0 Å². The first kappa shape index (κ1) is 10.6. The number of fused-ring (bicyclic) bond motifs is 1. The minimum absolute atomic E-state index is 0.000370. The highest BCUT2D eigenvalue weighted by atomic mass is 32.1. The van der Waals surface area contributed by atoms with Gasteiger partial charge in [0.15, 0.2) is 0 Å². The number of hydrogen-bond acceptors (Lipinski definition) is 3. The minimum atomic E-state index is -0.000370. The van der Waals surface area contributed by atoms with Crippen molar-refractivity contribution in [3.63, 3.8) is 0 Å². The third-order valence-electron chi connectivity index (χ3n) is 2.48. The van der Waals surface area contributed by atoms with Gasteiger partial charge in [-0.05, 0) is 29.1 Å². The van der Waals surface area contributed by atoms with Gasteiger partial charge < -0.3 is 10.3 Å². The molecule has 0 aliphatic heterocycles. The van der Waals surface area contributed by atoms with Gasteiger partial charge in [-0.1, -0.05) is 0 Å². The highest BCUT2D eigenvalue weighted by molar-refractivity contribution is 7.27. The smallest absolute Gasteiger partial charge is 0.261 e. The van der Waals surface area contributed by atoms with Gasteiger partial charge in [0, 0.05) is 28.3 Å². The lowest BCUT2D eigenvalue weighted by atomic mass is 10.3. The van der Waals surface area contributed by atoms with E-state index >= 15 is 0 Å². The summed E-state index contributed by atoms with van der Waals surface area (Å²) in [4.78, 5) is 15.6. The second-order valence-electron chi connectivity index (χ2n) is 3.66.